The standard InChI is InChI=1S/C25H25FN2O3/c1-17-7-12-22-24(13-17)31-16-20(28(22)15-18-8-10-19(26)11-9-18)14-25(29)27-21-5-3-4-6-23(21)30-2/h3-13,20H,14-16H2,1-2H3,(H,27,29)/t20-/m0/s1. The largest absolute Gasteiger partial charge is 0.495 e. The molecule has 6 heteroatoms. The lowest BCUT2D eigenvalue weighted by Crippen LogP contribution is -2.44. The van der Waals surface area contributed by atoms with Gasteiger partial charge in [0.15, 0.2) is 0 Å². The second-order valence-electron chi connectivity index (χ2n) is 7.64. The van der Waals surface area contributed by atoms with E-state index in [1.165, 1.54) is 12.1 Å². The lowest BCUT2D eigenvalue weighted by atomic mass is 10.0. The van der Waals surface area contributed by atoms with Crippen molar-refractivity contribution in [3.05, 3.63) is 83.7 Å². The number of ether oxygens (including phenoxy) is 2. The summed E-state index contributed by atoms with van der Waals surface area (Å²) >= 11 is 0. The fraction of sp³-hybridized carbons (Fsp3) is 0.240. The summed E-state index contributed by atoms with van der Waals surface area (Å²) in [5.41, 5.74) is 3.63. The van der Waals surface area contributed by atoms with Crippen LogP contribution in [0.15, 0.2) is 66.7 Å². The molecular formula is C25H25FN2O3. The zero-order valence-corrected chi connectivity index (χ0v) is 17.6. The van der Waals surface area contributed by atoms with Crippen LogP contribution in [0.4, 0.5) is 15.8 Å². The van der Waals surface area contributed by atoms with Gasteiger partial charge >= 0.3 is 0 Å². The molecule has 1 atom stereocenters. The molecule has 5 nitrogen and oxygen atoms in total. The number of nitrogens with zero attached hydrogens (tertiary/aromatic N) is 1. The number of fused-ring (bicyclic) bond motifs is 1. The summed E-state index contributed by atoms with van der Waals surface area (Å²) in [7, 11) is 1.57. The molecule has 1 aliphatic rings. The third kappa shape index (κ3) is 4.79. The van der Waals surface area contributed by atoms with Gasteiger partial charge in [0.1, 0.15) is 23.9 Å². The Kier molecular flexibility index (Phi) is 6.07. The number of benzene rings is 3. The summed E-state index contributed by atoms with van der Waals surface area (Å²) in [6, 6.07) is 19.6. The predicted octanol–water partition coefficient (Wildman–Crippen LogP) is 4.94. The minimum atomic E-state index is -0.269. The molecule has 0 unspecified atom stereocenters. The highest BCUT2D eigenvalue weighted by molar-refractivity contribution is 5.93. The van der Waals surface area contributed by atoms with Crippen molar-refractivity contribution in [3.8, 4) is 11.5 Å². The van der Waals surface area contributed by atoms with Gasteiger partial charge in [-0.05, 0) is 54.4 Å². The summed E-state index contributed by atoms with van der Waals surface area (Å²) in [5, 5.41) is 2.94. The smallest absolute Gasteiger partial charge is 0.226 e. The fourth-order valence-corrected chi connectivity index (χ4v) is 3.78. The summed E-state index contributed by atoms with van der Waals surface area (Å²) in [5.74, 6) is 1.01. The number of carbonyl (C=O) groups is 1. The zero-order chi connectivity index (χ0) is 21.8. The van der Waals surface area contributed by atoms with Crippen LogP contribution < -0.4 is 19.7 Å². The molecule has 0 fully saturated rings. The average molecular weight is 420 g/mol. The van der Waals surface area contributed by atoms with Crippen LogP contribution in [0, 0.1) is 12.7 Å². The van der Waals surface area contributed by atoms with Crippen LogP contribution >= 0.6 is 0 Å². The van der Waals surface area contributed by atoms with Crippen LogP contribution in [-0.2, 0) is 11.3 Å². The van der Waals surface area contributed by atoms with Crippen LogP contribution in [0.2, 0.25) is 0 Å². The maximum atomic E-state index is 13.4. The van der Waals surface area contributed by atoms with E-state index in [4.69, 9.17) is 9.47 Å². The highest BCUT2D eigenvalue weighted by atomic mass is 19.1. The Morgan fingerprint density at radius 2 is 1.94 bits per heavy atom. The first-order valence-electron chi connectivity index (χ1n) is 10.2. The second-order valence-corrected chi connectivity index (χ2v) is 7.64. The highest BCUT2D eigenvalue weighted by Crippen LogP contribution is 2.36. The number of para-hydroxylation sites is 2. The predicted molar refractivity (Wildman–Crippen MR) is 119 cm³/mol. The number of methoxy groups -OCH3 is 1. The van der Waals surface area contributed by atoms with E-state index >= 15 is 0 Å². The molecule has 31 heavy (non-hydrogen) atoms. The van der Waals surface area contributed by atoms with Gasteiger partial charge < -0.3 is 19.7 Å². The van der Waals surface area contributed by atoms with Crippen LogP contribution in [0.25, 0.3) is 0 Å². The number of anilines is 2. The van der Waals surface area contributed by atoms with Crippen molar-refractivity contribution >= 4 is 17.3 Å². The Balaban J connectivity index is 1.56. The first-order chi connectivity index (χ1) is 15.0. The van der Waals surface area contributed by atoms with Crippen molar-refractivity contribution in [1.29, 1.82) is 0 Å². The zero-order valence-electron chi connectivity index (χ0n) is 17.6. The molecule has 3 aromatic rings. The minimum Gasteiger partial charge on any atom is -0.495 e. The first kappa shape index (κ1) is 20.7. The van der Waals surface area contributed by atoms with Crippen molar-refractivity contribution in [2.45, 2.75) is 25.9 Å². The quantitative estimate of drug-likeness (QED) is 0.614. The number of rotatable bonds is 6. The van der Waals surface area contributed by atoms with Gasteiger partial charge in [-0.1, -0.05) is 30.3 Å². The van der Waals surface area contributed by atoms with Gasteiger partial charge in [0, 0.05) is 6.54 Å². The summed E-state index contributed by atoms with van der Waals surface area (Å²) in [6.07, 6.45) is 0.243. The van der Waals surface area contributed by atoms with E-state index in [-0.39, 0.29) is 24.2 Å². The normalized spacial score (nSPS) is 15.1. The van der Waals surface area contributed by atoms with E-state index in [1.807, 2.05) is 43.3 Å². The molecule has 0 aliphatic carbocycles. The van der Waals surface area contributed by atoms with E-state index < -0.39 is 0 Å². The highest BCUT2D eigenvalue weighted by Gasteiger charge is 2.30. The van der Waals surface area contributed by atoms with Crippen LogP contribution in [0.5, 0.6) is 11.5 Å². The van der Waals surface area contributed by atoms with Gasteiger partial charge in [-0.25, -0.2) is 4.39 Å². The SMILES string of the molecule is COc1ccccc1NC(=O)C[C@H]1COc2cc(C)ccc2N1Cc1ccc(F)cc1. The summed E-state index contributed by atoms with van der Waals surface area (Å²) < 4.78 is 24.7. The molecule has 4 rings (SSSR count). The summed E-state index contributed by atoms with van der Waals surface area (Å²) in [6.45, 7) is 2.95. The number of aryl methyl sites for hydroxylation is 1. The minimum absolute atomic E-state index is 0.127. The van der Waals surface area contributed by atoms with Crippen molar-refractivity contribution in [3.63, 3.8) is 0 Å². The number of hydrogen-bond acceptors (Lipinski definition) is 4. The Hall–Kier alpha value is -3.54. The van der Waals surface area contributed by atoms with E-state index in [9.17, 15) is 9.18 Å². The van der Waals surface area contributed by atoms with Gasteiger partial charge in [0.25, 0.3) is 0 Å². The number of halogens is 1. The molecule has 160 valence electrons. The number of hydrogen-bond donors (Lipinski definition) is 1. The molecule has 0 bridgehead atoms. The third-order valence-corrected chi connectivity index (χ3v) is 5.36. The lowest BCUT2D eigenvalue weighted by Gasteiger charge is -2.38. The molecule has 0 aromatic heterocycles. The van der Waals surface area contributed by atoms with E-state index in [0.717, 1.165) is 22.6 Å². The first-order valence-corrected chi connectivity index (χ1v) is 10.2. The Morgan fingerprint density at radius 1 is 1.16 bits per heavy atom. The Morgan fingerprint density at radius 3 is 2.71 bits per heavy atom. The molecule has 1 heterocycles. The molecule has 1 aliphatic heterocycles. The molecular weight excluding hydrogens is 395 g/mol. The molecule has 0 radical (unpaired) electrons. The Bertz CT molecular complexity index is 1070. The molecule has 3 aromatic carbocycles. The number of nitrogens with one attached hydrogen (secondary N) is 1. The van der Waals surface area contributed by atoms with Crippen molar-refractivity contribution in [2.24, 2.45) is 0 Å². The van der Waals surface area contributed by atoms with Crippen LogP contribution in [0.1, 0.15) is 17.5 Å². The number of carbonyl (C=O) groups excluding carboxylic acids is 1. The van der Waals surface area contributed by atoms with E-state index in [0.29, 0.717) is 24.6 Å². The maximum absolute atomic E-state index is 13.4. The van der Waals surface area contributed by atoms with Crippen molar-refractivity contribution in [2.75, 3.05) is 23.9 Å². The van der Waals surface area contributed by atoms with Gasteiger partial charge in [0.2, 0.25) is 5.91 Å². The Labute approximate surface area is 181 Å². The fourth-order valence-electron chi connectivity index (χ4n) is 3.78. The van der Waals surface area contributed by atoms with Crippen molar-refractivity contribution in [1.82, 2.24) is 0 Å². The molecule has 0 saturated heterocycles. The van der Waals surface area contributed by atoms with E-state index in [1.54, 1.807) is 25.3 Å². The maximum Gasteiger partial charge on any atom is 0.226 e. The van der Waals surface area contributed by atoms with Gasteiger partial charge in [-0.15, -0.1) is 0 Å². The molecule has 1 N–H and O–H groups in total. The van der Waals surface area contributed by atoms with Gasteiger partial charge in [-0.2, -0.15) is 0 Å². The number of amides is 1. The average Bonchev–Trinajstić information content (AvgIpc) is 2.77. The van der Waals surface area contributed by atoms with Crippen LogP contribution in [0.3, 0.4) is 0 Å². The van der Waals surface area contributed by atoms with Crippen molar-refractivity contribution < 1.29 is 18.7 Å². The molecule has 1 amide bonds. The second kappa shape index (κ2) is 9.08. The molecule has 0 spiro atoms. The van der Waals surface area contributed by atoms with Gasteiger partial charge in [0.05, 0.1) is 30.9 Å². The van der Waals surface area contributed by atoms with Crippen LogP contribution in [-0.4, -0.2) is 25.7 Å². The third-order valence-electron chi connectivity index (χ3n) is 5.36. The topological polar surface area (TPSA) is 50.8 Å². The summed E-state index contributed by atoms with van der Waals surface area (Å²) in [4.78, 5) is 15.0. The lowest BCUT2D eigenvalue weighted by molar-refractivity contribution is -0.116. The van der Waals surface area contributed by atoms with E-state index in [2.05, 4.69) is 10.2 Å². The van der Waals surface area contributed by atoms with Gasteiger partial charge in [-0.3, -0.25) is 4.79 Å². The monoisotopic (exact) mass is 420 g/mol. The molecule has 0 saturated carbocycles.